The van der Waals surface area contributed by atoms with E-state index in [1.807, 2.05) is 0 Å². The molecule has 0 fully saturated rings. The van der Waals surface area contributed by atoms with Crippen LogP contribution in [0, 0.1) is 18.2 Å². The maximum Gasteiger partial charge on any atom is 0.327 e. The van der Waals surface area contributed by atoms with Crippen LogP contribution in [0.1, 0.15) is 16.8 Å². The number of terminal acetylenes is 1. The average Bonchev–Trinajstić information content (AvgIpc) is 2.27. The number of primary amides is 1. The van der Waals surface area contributed by atoms with Crippen LogP contribution in [0.4, 0.5) is 10.1 Å². The highest BCUT2D eigenvalue weighted by Crippen LogP contribution is 2.19. The number of carboxylic acids is 1. The minimum absolute atomic E-state index is 0.00477. The SMILES string of the molecule is C#CCC(Nc1cccc(F)c1C(N)=O)C(=O)O. The maximum atomic E-state index is 13.4. The quantitative estimate of drug-likeness (QED) is 0.674. The summed E-state index contributed by atoms with van der Waals surface area (Å²) < 4.78 is 13.4. The third-order valence-corrected chi connectivity index (χ3v) is 2.21. The summed E-state index contributed by atoms with van der Waals surface area (Å²) in [4.78, 5) is 22.0. The van der Waals surface area contributed by atoms with Gasteiger partial charge in [0.05, 0.1) is 11.3 Å². The zero-order valence-corrected chi connectivity index (χ0v) is 9.31. The van der Waals surface area contributed by atoms with E-state index >= 15 is 0 Å². The standard InChI is InChI=1S/C12H11FN2O3/c1-2-4-9(12(17)18)15-8-6-3-5-7(13)10(8)11(14)16/h1,3,5-6,9,15H,4H2,(H2,14,16)(H,17,18). The Bertz CT molecular complexity index is 523. The smallest absolute Gasteiger partial charge is 0.327 e. The number of carbonyl (C=O) groups is 2. The summed E-state index contributed by atoms with van der Waals surface area (Å²) >= 11 is 0. The maximum absolute atomic E-state index is 13.4. The lowest BCUT2D eigenvalue weighted by Crippen LogP contribution is -2.30. The summed E-state index contributed by atoms with van der Waals surface area (Å²) in [5.74, 6) is -0.829. The van der Waals surface area contributed by atoms with Gasteiger partial charge in [-0.15, -0.1) is 12.3 Å². The molecule has 0 aliphatic carbocycles. The summed E-state index contributed by atoms with van der Waals surface area (Å²) in [6, 6.07) is 2.63. The average molecular weight is 250 g/mol. The Balaban J connectivity index is 3.10. The van der Waals surface area contributed by atoms with Crippen LogP contribution in [0.25, 0.3) is 0 Å². The van der Waals surface area contributed by atoms with Crippen LogP contribution in [-0.4, -0.2) is 23.0 Å². The topological polar surface area (TPSA) is 92.4 Å². The van der Waals surface area contributed by atoms with Gasteiger partial charge < -0.3 is 16.2 Å². The summed E-state index contributed by atoms with van der Waals surface area (Å²) in [5.41, 5.74) is 4.65. The van der Waals surface area contributed by atoms with Gasteiger partial charge in [0, 0.05) is 6.42 Å². The van der Waals surface area contributed by atoms with Gasteiger partial charge in [-0.3, -0.25) is 4.79 Å². The highest BCUT2D eigenvalue weighted by Gasteiger charge is 2.20. The first kappa shape index (κ1) is 13.5. The number of carbonyl (C=O) groups excluding carboxylic acids is 1. The highest BCUT2D eigenvalue weighted by atomic mass is 19.1. The number of hydrogen-bond donors (Lipinski definition) is 3. The molecule has 0 radical (unpaired) electrons. The molecule has 1 aromatic carbocycles. The van der Waals surface area contributed by atoms with Crippen LogP contribution >= 0.6 is 0 Å². The van der Waals surface area contributed by atoms with Gasteiger partial charge in [-0.1, -0.05) is 6.07 Å². The van der Waals surface area contributed by atoms with E-state index in [1.54, 1.807) is 0 Å². The number of amides is 1. The number of halogens is 1. The van der Waals surface area contributed by atoms with Gasteiger partial charge in [-0.2, -0.15) is 0 Å². The fraction of sp³-hybridized carbons (Fsp3) is 0.167. The van der Waals surface area contributed by atoms with Crippen molar-refractivity contribution in [2.45, 2.75) is 12.5 Å². The number of nitrogens with two attached hydrogens (primary N) is 1. The van der Waals surface area contributed by atoms with Crippen molar-refractivity contribution < 1.29 is 19.1 Å². The predicted octanol–water partition coefficient (Wildman–Crippen LogP) is 0.813. The molecule has 0 saturated carbocycles. The van der Waals surface area contributed by atoms with E-state index in [0.29, 0.717) is 0 Å². The predicted molar refractivity (Wildman–Crippen MR) is 63.4 cm³/mol. The van der Waals surface area contributed by atoms with Gasteiger partial charge in [0.15, 0.2) is 0 Å². The monoisotopic (exact) mass is 250 g/mol. The minimum atomic E-state index is -1.20. The first-order valence-corrected chi connectivity index (χ1v) is 4.98. The third-order valence-electron chi connectivity index (χ3n) is 2.21. The van der Waals surface area contributed by atoms with E-state index in [0.717, 1.165) is 6.07 Å². The Morgan fingerprint density at radius 2 is 2.22 bits per heavy atom. The molecule has 18 heavy (non-hydrogen) atoms. The van der Waals surface area contributed by atoms with E-state index in [1.165, 1.54) is 12.1 Å². The lowest BCUT2D eigenvalue weighted by Gasteiger charge is -2.15. The third kappa shape index (κ3) is 2.98. The normalized spacial score (nSPS) is 11.3. The van der Waals surface area contributed by atoms with Crippen molar-refractivity contribution in [1.29, 1.82) is 0 Å². The molecule has 5 nitrogen and oxygen atoms in total. The van der Waals surface area contributed by atoms with Gasteiger partial charge in [0.2, 0.25) is 0 Å². The molecule has 0 saturated heterocycles. The number of aliphatic carboxylic acids is 1. The van der Waals surface area contributed by atoms with Crippen LogP contribution < -0.4 is 11.1 Å². The first-order chi connectivity index (χ1) is 8.47. The molecule has 0 aliphatic rings. The number of nitrogens with one attached hydrogen (secondary N) is 1. The fourth-order valence-corrected chi connectivity index (χ4v) is 1.40. The van der Waals surface area contributed by atoms with Gasteiger partial charge in [0.25, 0.3) is 5.91 Å². The Hall–Kier alpha value is -2.55. The van der Waals surface area contributed by atoms with Crippen LogP contribution in [0.2, 0.25) is 0 Å². The molecule has 0 aromatic heterocycles. The molecule has 6 heteroatoms. The molecule has 1 rings (SSSR count). The molecule has 1 atom stereocenters. The largest absolute Gasteiger partial charge is 0.480 e. The van der Waals surface area contributed by atoms with Gasteiger partial charge in [-0.25, -0.2) is 9.18 Å². The fourth-order valence-electron chi connectivity index (χ4n) is 1.40. The second-order valence-electron chi connectivity index (χ2n) is 3.47. The molecule has 0 bridgehead atoms. The van der Waals surface area contributed by atoms with Crippen LogP contribution in [0.5, 0.6) is 0 Å². The Morgan fingerprint density at radius 1 is 1.56 bits per heavy atom. The molecule has 4 N–H and O–H groups in total. The van der Waals surface area contributed by atoms with E-state index in [2.05, 4.69) is 11.2 Å². The second kappa shape index (κ2) is 5.68. The molecule has 1 amide bonds. The van der Waals surface area contributed by atoms with Gasteiger partial charge in [-0.05, 0) is 12.1 Å². The summed E-state index contributed by atoms with van der Waals surface area (Å²) in [5, 5.41) is 11.4. The zero-order valence-electron chi connectivity index (χ0n) is 9.31. The van der Waals surface area contributed by atoms with Gasteiger partial charge >= 0.3 is 5.97 Å². The van der Waals surface area contributed by atoms with Crippen LogP contribution in [-0.2, 0) is 4.79 Å². The zero-order chi connectivity index (χ0) is 13.7. The molecule has 0 heterocycles. The second-order valence-corrected chi connectivity index (χ2v) is 3.47. The van der Waals surface area contributed by atoms with E-state index < -0.39 is 23.7 Å². The first-order valence-electron chi connectivity index (χ1n) is 4.98. The van der Waals surface area contributed by atoms with Crippen molar-refractivity contribution in [2.75, 3.05) is 5.32 Å². The number of carboxylic acid groups (broad SMARTS) is 1. The highest BCUT2D eigenvalue weighted by molar-refractivity contribution is 5.99. The number of hydrogen-bond acceptors (Lipinski definition) is 3. The van der Waals surface area contributed by atoms with E-state index in [9.17, 15) is 14.0 Å². The van der Waals surface area contributed by atoms with Gasteiger partial charge in [0.1, 0.15) is 11.9 Å². The van der Waals surface area contributed by atoms with Crippen LogP contribution in [0.15, 0.2) is 18.2 Å². The van der Waals surface area contributed by atoms with Crippen molar-refractivity contribution in [2.24, 2.45) is 5.73 Å². The van der Waals surface area contributed by atoms with Crippen molar-refractivity contribution in [3.63, 3.8) is 0 Å². The molecular formula is C12H11FN2O3. The number of rotatable bonds is 5. The Kier molecular flexibility index (Phi) is 4.27. The van der Waals surface area contributed by atoms with E-state index in [-0.39, 0.29) is 17.7 Å². The summed E-state index contributed by atoms with van der Waals surface area (Å²) in [6.45, 7) is 0. The lowest BCUT2D eigenvalue weighted by atomic mass is 10.1. The lowest BCUT2D eigenvalue weighted by molar-refractivity contribution is -0.137. The number of benzene rings is 1. The summed E-state index contributed by atoms with van der Waals surface area (Å²) in [7, 11) is 0. The van der Waals surface area contributed by atoms with Crippen LogP contribution in [0.3, 0.4) is 0 Å². The minimum Gasteiger partial charge on any atom is -0.480 e. The number of anilines is 1. The molecule has 1 unspecified atom stereocenters. The Labute approximate surface area is 103 Å². The van der Waals surface area contributed by atoms with Crippen molar-refractivity contribution in [3.8, 4) is 12.3 Å². The van der Waals surface area contributed by atoms with E-state index in [4.69, 9.17) is 17.3 Å². The molecule has 0 spiro atoms. The van der Waals surface area contributed by atoms with Crippen molar-refractivity contribution >= 4 is 17.6 Å². The van der Waals surface area contributed by atoms with Crippen molar-refractivity contribution in [1.82, 2.24) is 0 Å². The van der Waals surface area contributed by atoms with Crippen molar-refractivity contribution in [3.05, 3.63) is 29.6 Å². The molecular weight excluding hydrogens is 239 g/mol. The molecule has 94 valence electrons. The Morgan fingerprint density at radius 3 is 2.72 bits per heavy atom. The molecule has 1 aromatic rings. The summed E-state index contributed by atoms with van der Waals surface area (Å²) in [6.07, 6.45) is 4.92. The molecule has 0 aliphatic heterocycles.